The number of hydrogen-bond acceptors (Lipinski definition) is 16. The number of carboxylic acid groups (broad SMARTS) is 1. The number of aliphatic carboxylic acids is 1. The number of alkyl halides is 3. The van der Waals surface area contributed by atoms with Gasteiger partial charge in [0.1, 0.15) is 29.8 Å². The predicted molar refractivity (Wildman–Crippen MR) is 284 cm³/mol. The first-order valence-electron chi connectivity index (χ1n) is 27.0. The Balaban J connectivity index is 0. The highest BCUT2D eigenvalue weighted by Crippen LogP contribution is 2.16. The average molecular weight is 1160 g/mol. The highest BCUT2D eigenvalue weighted by atomic mass is 32.2. The molecule has 0 saturated heterocycles. The molecular weight excluding hydrogens is 1060 g/mol. The molecule has 0 aromatic carbocycles. The summed E-state index contributed by atoms with van der Waals surface area (Å²) >= 11 is 0. The zero-order chi connectivity index (χ0) is 59.0. The van der Waals surface area contributed by atoms with Crippen LogP contribution < -0.4 is 25.2 Å². The number of unbranched alkanes of at least 4 members (excludes halogenated alkanes) is 13. The van der Waals surface area contributed by atoms with Gasteiger partial charge in [-0.15, -0.1) is 0 Å². The first-order chi connectivity index (χ1) is 35.7. The number of ether oxygens (including phenoxy) is 5. The Morgan fingerprint density at radius 2 is 0.974 bits per heavy atom. The van der Waals surface area contributed by atoms with Crippen LogP contribution in [0.2, 0.25) is 0 Å². The first-order valence-corrected chi connectivity index (χ1v) is 30.3. The SMILES string of the molecule is COC(=O)CCOCCOCC[N+](C)(C)CCNS(=O)(=O)CCCNS(=O)(=O)CCCNC(=O)CCC(NC(=O)CCCCCCCCCCCCCCCCC(=O)OC(C)(C)C)C(=O)OC(C)(C)C.O=C([O-])C(F)(F)F. The maximum Gasteiger partial charge on any atom is 0.430 e. The van der Waals surface area contributed by atoms with Gasteiger partial charge in [-0.25, -0.2) is 31.1 Å². The van der Waals surface area contributed by atoms with Gasteiger partial charge in [0, 0.05) is 32.4 Å². The standard InChI is InChI=1S/C49H95N5O14S2.C2HF3O2/c1-48(2,3)67-46(58)27-23-21-19-17-15-13-11-10-12-14-16-18-20-22-26-44(56)53-42(47(59)68-49(4,5)6)28-29-43(55)50-31-24-40-69(60,61)51-32-25-41-70(62,63)52-33-34-54(7,8)35-37-66-39-38-65-36-30-45(57)64-9;3-2(4,5)1(6)7/h42,51-52H,10-41H2,1-9H3,(H-,50,53,55,56);(H,6,7). The van der Waals surface area contributed by atoms with Crippen LogP contribution in [0, 0.1) is 0 Å². The van der Waals surface area contributed by atoms with Crippen molar-refractivity contribution in [2.75, 3.05) is 91.9 Å². The predicted octanol–water partition coefficient (Wildman–Crippen LogP) is 4.88. The molecule has 0 rings (SSSR count). The van der Waals surface area contributed by atoms with E-state index in [1.807, 2.05) is 34.9 Å². The summed E-state index contributed by atoms with van der Waals surface area (Å²) in [5, 5.41) is 14.2. The molecule has 0 aromatic heterocycles. The lowest BCUT2D eigenvalue weighted by molar-refractivity contribution is -0.889. The number of hydrogen-bond donors (Lipinski definition) is 4. The van der Waals surface area contributed by atoms with Gasteiger partial charge in [0.25, 0.3) is 0 Å². The monoisotopic (exact) mass is 1160 g/mol. The van der Waals surface area contributed by atoms with Gasteiger partial charge in [-0.2, -0.15) is 13.2 Å². The third-order valence-corrected chi connectivity index (χ3v) is 14.1. The van der Waals surface area contributed by atoms with E-state index in [4.69, 9.17) is 28.8 Å². The second-order valence-corrected chi connectivity index (χ2v) is 25.3. The molecule has 0 aliphatic carbocycles. The van der Waals surface area contributed by atoms with Crippen LogP contribution in [-0.2, 0) is 72.5 Å². The van der Waals surface area contributed by atoms with Gasteiger partial charge in [-0.3, -0.25) is 19.2 Å². The largest absolute Gasteiger partial charge is 0.542 e. The summed E-state index contributed by atoms with van der Waals surface area (Å²) in [6, 6.07) is -1.01. The van der Waals surface area contributed by atoms with Crippen LogP contribution in [0.3, 0.4) is 0 Å². The van der Waals surface area contributed by atoms with Crippen LogP contribution in [0.4, 0.5) is 13.2 Å². The third kappa shape index (κ3) is 51.5. The number of sulfonamides is 2. The Bertz CT molecular complexity index is 1900. The number of carbonyl (C=O) groups is 6. The summed E-state index contributed by atoms with van der Waals surface area (Å²) in [6.45, 7) is 13.6. The zero-order valence-corrected chi connectivity index (χ0v) is 49.3. The number of amides is 2. The summed E-state index contributed by atoms with van der Waals surface area (Å²) in [4.78, 5) is 70.1. The van der Waals surface area contributed by atoms with Gasteiger partial charge < -0.3 is 48.7 Å². The molecule has 21 nitrogen and oxygen atoms in total. The van der Waals surface area contributed by atoms with E-state index in [0.29, 0.717) is 50.2 Å². The number of nitrogens with zero attached hydrogens (tertiary/aromatic N) is 1. The third-order valence-electron chi connectivity index (χ3n) is 11.1. The fourth-order valence-electron chi connectivity index (χ4n) is 6.95. The van der Waals surface area contributed by atoms with E-state index in [0.717, 1.165) is 38.5 Å². The van der Waals surface area contributed by atoms with Crippen LogP contribution >= 0.6 is 0 Å². The van der Waals surface area contributed by atoms with Crippen molar-refractivity contribution in [3.63, 3.8) is 0 Å². The number of halogens is 3. The van der Waals surface area contributed by atoms with Crippen LogP contribution in [0.15, 0.2) is 0 Å². The molecule has 4 N–H and O–H groups in total. The molecule has 0 aliphatic heterocycles. The lowest BCUT2D eigenvalue weighted by Crippen LogP contribution is -2.47. The summed E-state index contributed by atoms with van der Waals surface area (Å²) in [5.41, 5.74) is -1.21. The number of carbonyl (C=O) groups excluding carboxylic acids is 6. The smallest absolute Gasteiger partial charge is 0.430 e. The number of rotatable bonds is 44. The second-order valence-electron chi connectivity index (χ2n) is 21.4. The molecule has 0 radical (unpaired) electrons. The minimum Gasteiger partial charge on any atom is -0.542 e. The highest BCUT2D eigenvalue weighted by molar-refractivity contribution is 7.89. The van der Waals surface area contributed by atoms with Crippen LogP contribution in [0.25, 0.3) is 0 Å². The first kappa shape index (κ1) is 75.4. The zero-order valence-electron chi connectivity index (χ0n) is 47.6. The molecule has 2 amide bonds. The molecule has 0 bridgehead atoms. The van der Waals surface area contributed by atoms with Gasteiger partial charge in [0.05, 0.1) is 78.6 Å². The molecule has 26 heteroatoms. The van der Waals surface area contributed by atoms with Crippen molar-refractivity contribution in [2.24, 2.45) is 0 Å². The van der Waals surface area contributed by atoms with E-state index in [1.165, 1.54) is 52.1 Å². The second kappa shape index (κ2) is 41.3. The van der Waals surface area contributed by atoms with Crippen molar-refractivity contribution in [3.05, 3.63) is 0 Å². The van der Waals surface area contributed by atoms with Crippen molar-refractivity contribution in [3.8, 4) is 0 Å². The summed E-state index contributed by atoms with van der Waals surface area (Å²) in [5.74, 6) is -5.30. The van der Waals surface area contributed by atoms with Gasteiger partial charge in [0.2, 0.25) is 31.9 Å². The van der Waals surface area contributed by atoms with E-state index < -0.39 is 61.3 Å². The molecule has 0 saturated carbocycles. The molecular formula is C51H96F3N5O16S2. The Morgan fingerprint density at radius 1 is 0.532 bits per heavy atom. The molecule has 1 unspecified atom stereocenters. The van der Waals surface area contributed by atoms with Gasteiger partial charge >= 0.3 is 24.1 Å². The molecule has 0 aliphatic rings. The lowest BCUT2D eigenvalue weighted by Gasteiger charge is -2.29. The van der Waals surface area contributed by atoms with E-state index in [2.05, 4.69) is 24.8 Å². The molecule has 0 spiro atoms. The number of methoxy groups -OCH3 is 1. The molecule has 1 atom stereocenters. The van der Waals surface area contributed by atoms with Gasteiger partial charge in [-0.05, 0) is 73.6 Å². The van der Waals surface area contributed by atoms with Crippen molar-refractivity contribution < 1.29 is 92.0 Å². The van der Waals surface area contributed by atoms with Crippen LogP contribution in [0.5, 0.6) is 0 Å². The number of nitrogens with one attached hydrogen (secondary N) is 4. The van der Waals surface area contributed by atoms with Crippen LogP contribution in [0.1, 0.15) is 176 Å². The van der Waals surface area contributed by atoms with Crippen molar-refractivity contribution >= 4 is 55.7 Å². The maximum absolute atomic E-state index is 13.0. The van der Waals surface area contributed by atoms with Gasteiger partial charge in [0.15, 0.2) is 0 Å². The molecule has 0 heterocycles. The molecule has 0 aromatic rings. The van der Waals surface area contributed by atoms with Crippen molar-refractivity contribution in [2.45, 2.75) is 200 Å². The van der Waals surface area contributed by atoms with Crippen LogP contribution in [-0.4, -0.2) is 172 Å². The Kier molecular flexibility index (Phi) is 40.5. The number of esters is 3. The quantitative estimate of drug-likeness (QED) is 0.0274. The summed E-state index contributed by atoms with van der Waals surface area (Å²) in [7, 11) is -2.14. The summed E-state index contributed by atoms with van der Waals surface area (Å²) in [6.07, 6.45) is 11.2. The Hall–Kier alpha value is -3.69. The Labute approximate surface area is 458 Å². The number of quaternary nitrogens is 1. The fourth-order valence-corrected chi connectivity index (χ4v) is 9.15. The minimum absolute atomic E-state index is 0.0186. The van der Waals surface area contributed by atoms with E-state index in [-0.39, 0.29) is 94.1 Å². The summed E-state index contributed by atoms with van der Waals surface area (Å²) < 4.78 is 113. The fraction of sp³-hybridized carbons (Fsp3) is 0.882. The molecule has 454 valence electrons. The van der Waals surface area contributed by atoms with E-state index >= 15 is 0 Å². The lowest BCUT2D eigenvalue weighted by atomic mass is 10.0. The van der Waals surface area contributed by atoms with Crippen molar-refractivity contribution in [1.29, 1.82) is 0 Å². The Morgan fingerprint density at radius 3 is 1.44 bits per heavy atom. The molecule has 0 fully saturated rings. The normalized spacial score (nSPS) is 12.7. The van der Waals surface area contributed by atoms with Gasteiger partial charge in [-0.1, -0.05) is 77.0 Å². The average Bonchev–Trinajstić information content (AvgIpc) is 3.29. The highest BCUT2D eigenvalue weighted by Gasteiger charge is 2.29. The van der Waals surface area contributed by atoms with E-state index in [1.54, 1.807) is 20.8 Å². The van der Waals surface area contributed by atoms with E-state index in [9.17, 15) is 54.0 Å². The van der Waals surface area contributed by atoms with Crippen molar-refractivity contribution in [1.82, 2.24) is 20.1 Å². The molecule has 77 heavy (non-hydrogen) atoms. The number of carboxylic acids is 1. The number of likely N-dealkylation sites (N-methyl/N-ethyl adjacent to an activating group) is 1. The minimum atomic E-state index is -5.19. The maximum atomic E-state index is 13.0. The topological polar surface area (TPSA) is 288 Å².